The molecule has 0 amide bonds. The van der Waals surface area contributed by atoms with Crippen LogP contribution in [0.5, 0.6) is 0 Å². The maximum atomic E-state index is 11.4. The molecule has 1 aromatic rings. The van der Waals surface area contributed by atoms with Crippen LogP contribution in [0.15, 0.2) is 12.1 Å². The van der Waals surface area contributed by atoms with Crippen molar-refractivity contribution < 1.29 is 14.5 Å². The van der Waals surface area contributed by atoms with Crippen LogP contribution in [0.25, 0.3) is 0 Å². The lowest BCUT2D eigenvalue weighted by atomic mass is 10.1. The number of nitrogens with zero attached hydrogens (tertiary/aromatic N) is 1. The molecule has 0 saturated carbocycles. The average Bonchev–Trinajstić information content (AvgIpc) is 2.26. The summed E-state index contributed by atoms with van der Waals surface area (Å²) in [6.45, 7) is 0. The standard InChI is InChI=1S/C9H9ClN2O4/c1-11-8-6(9(13)16-2)3-5(10)4-7(8)12(14)15/h3-4,11H,1-2H3. The molecule has 1 rings (SSSR count). The minimum Gasteiger partial charge on any atom is -0.465 e. The highest BCUT2D eigenvalue weighted by Crippen LogP contribution is 2.32. The molecule has 0 atom stereocenters. The molecule has 16 heavy (non-hydrogen) atoms. The zero-order valence-electron chi connectivity index (χ0n) is 8.61. The highest BCUT2D eigenvalue weighted by Gasteiger charge is 2.22. The van der Waals surface area contributed by atoms with E-state index in [9.17, 15) is 14.9 Å². The van der Waals surface area contributed by atoms with E-state index in [1.54, 1.807) is 0 Å². The molecule has 0 aliphatic heterocycles. The summed E-state index contributed by atoms with van der Waals surface area (Å²) in [6, 6.07) is 2.48. The largest absolute Gasteiger partial charge is 0.465 e. The van der Waals surface area contributed by atoms with Crippen molar-refractivity contribution in [3.05, 3.63) is 32.8 Å². The Balaban J connectivity index is 3.48. The monoisotopic (exact) mass is 244 g/mol. The van der Waals surface area contributed by atoms with E-state index in [-0.39, 0.29) is 22.0 Å². The number of carbonyl (C=O) groups is 1. The molecule has 1 aromatic carbocycles. The third kappa shape index (κ3) is 2.22. The van der Waals surface area contributed by atoms with Gasteiger partial charge in [0, 0.05) is 18.1 Å². The Morgan fingerprint density at radius 3 is 2.62 bits per heavy atom. The molecule has 0 aliphatic carbocycles. The Labute approximate surface area is 96.3 Å². The van der Waals surface area contributed by atoms with E-state index < -0.39 is 10.9 Å². The first kappa shape index (κ1) is 12.3. The highest BCUT2D eigenvalue weighted by atomic mass is 35.5. The van der Waals surface area contributed by atoms with Crippen LogP contribution in [-0.4, -0.2) is 25.1 Å². The van der Waals surface area contributed by atoms with Crippen LogP contribution in [0.1, 0.15) is 10.4 Å². The molecular weight excluding hydrogens is 236 g/mol. The minimum atomic E-state index is -0.685. The van der Waals surface area contributed by atoms with Crippen LogP contribution in [0.4, 0.5) is 11.4 Å². The molecule has 7 heteroatoms. The second kappa shape index (κ2) is 4.80. The summed E-state index contributed by atoms with van der Waals surface area (Å²) < 4.78 is 4.51. The van der Waals surface area contributed by atoms with E-state index in [1.807, 2.05) is 0 Å². The van der Waals surface area contributed by atoms with Crippen LogP contribution in [0, 0.1) is 10.1 Å². The van der Waals surface area contributed by atoms with Crippen molar-refractivity contribution in [2.75, 3.05) is 19.5 Å². The predicted molar refractivity (Wildman–Crippen MR) is 59.0 cm³/mol. The number of carbonyl (C=O) groups excluding carboxylic acids is 1. The van der Waals surface area contributed by atoms with Gasteiger partial charge in [-0.1, -0.05) is 11.6 Å². The van der Waals surface area contributed by atoms with Gasteiger partial charge in [0.05, 0.1) is 17.6 Å². The smallest absolute Gasteiger partial charge is 0.340 e. The second-order valence-electron chi connectivity index (χ2n) is 2.85. The van der Waals surface area contributed by atoms with Crippen LogP contribution in [-0.2, 0) is 4.74 Å². The number of ether oxygens (including phenoxy) is 1. The van der Waals surface area contributed by atoms with E-state index in [4.69, 9.17) is 11.6 Å². The predicted octanol–water partition coefficient (Wildman–Crippen LogP) is 2.08. The van der Waals surface area contributed by atoms with Gasteiger partial charge in [-0.3, -0.25) is 10.1 Å². The summed E-state index contributed by atoms with van der Waals surface area (Å²) in [4.78, 5) is 21.5. The Morgan fingerprint density at radius 2 is 2.19 bits per heavy atom. The van der Waals surface area contributed by atoms with E-state index >= 15 is 0 Å². The lowest BCUT2D eigenvalue weighted by molar-refractivity contribution is -0.383. The molecular formula is C9H9ClN2O4. The van der Waals surface area contributed by atoms with Crippen LogP contribution < -0.4 is 5.32 Å². The number of hydrogen-bond acceptors (Lipinski definition) is 5. The van der Waals surface area contributed by atoms with Gasteiger partial charge in [0.25, 0.3) is 5.69 Å². The molecule has 86 valence electrons. The number of nitro groups is 1. The SMILES string of the molecule is CNc1c(C(=O)OC)cc(Cl)cc1[N+](=O)[O-]. The van der Waals surface area contributed by atoms with Gasteiger partial charge in [-0.2, -0.15) is 0 Å². The molecule has 0 fully saturated rings. The van der Waals surface area contributed by atoms with Crippen molar-refractivity contribution in [3.8, 4) is 0 Å². The fraction of sp³-hybridized carbons (Fsp3) is 0.222. The van der Waals surface area contributed by atoms with Crippen molar-refractivity contribution in [2.45, 2.75) is 0 Å². The normalized spacial score (nSPS) is 9.69. The molecule has 0 unspecified atom stereocenters. The number of halogens is 1. The third-order valence-electron chi connectivity index (χ3n) is 1.93. The highest BCUT2D eigenvalue weighted by molar-refractivity contribution is 6.31. The molecule has 0 aliphatic rings. The maximum Gasteiger partial charge on any atom is 0.340 e. The number of esters is 1. The zero-order valence-corrected chi connectivity index (χ0v) is 9.37. The minimum absolute atomic E-state index is 0.0317. The Morgan fingerprint density at radius 1 is 1.56 bits per heavy atom. The van der Waals surface area contributed by atoms with Gasteiger partial charge in [-0.25, -0.2) is 4.79 Å². The van der Waals surface area contributed by atoms with Gasteiger partial charge in [-0.15, -0.1) is 0 Å². The number of nitro benzene ring substituents is 1. The Bertz CT molecular complexity index is 447. The van der Waals surface area contributed by atoms with Gasteiger partial charge in [0.2, 0.25) is 0 Å². The van der Waals surface area contributed by atoms with Gasteiger partial charge >= 0.3 is 5.97 Å². The first-order chi connectivity index (χ1) is 7.51. The van der Waals surface area contributed by atoms with Crippen molar-refractivity contribution in [3.63, 3.8) is 0 Å². The quantitative estimate of drug-likeness (QED) is 0.500. The lowest BCUT2D eigenvalue weighted by Crippen LogP contribution is -2.08. The number of benzene rings is 1. The second-order valence-corrected chi connectivity index (χ2v) is 3.28. The Kier molecular flexibility index (Phi) is 3.68. The van der Waals surface area contributed by atoms with Crippen LogP contribution in [0.2, 0.25) is 5.02 Å². The maximum absolute atomic E-state index is 11.4. The number of hydrogen-bond donors (Lipinski definition) is 1. The van der Waals surface area contributed by atoms with Gasteiger partial charge in [0.1, 0.15) is 5.69 Å². The number of anilines is 1. The molecule has 0 heterocycles. The Hall–Kier alpha value is -1.82. The zero-order chi connectivity index (χ0) is 12.3. The summed E-state index contributed by atoms with van der Waals surface area (Å²) in [7, 11) is 2.66. The van der Waals surface area contributed by atoms with Crippen LogP contribution >= 0.6 is 11.6 Å². The first-order valence-electron chi connectivity index (χ1n) is 4.25. The van der Waals surface area contributed by atoms with Crippen molar-refractivity contribution in [1.29, 1.82) is 0 Å². The fourth-order valence-corrected chi connectivity index (χ4v) is 1.48. The van der Waals surface area contributed by atoms with Gasteiger partial charge in [-0.05, 0) is 6.07 Å². The summed E-state index contributed by atoms with van der Waals surface area (Å²) >= 11 is 5.68. The average molecular weight is 245 g/mol. The topological polar surface area (TPSA) is 81.5 Å². The molecule has 0 bridgehead atoms. The summed E-state index contributed by atoms with van der Waals surface area (Å²) in [5, 5.41) is 13.4. The number of nitrogens with one attached hydrogen (secondary N) is 1. The van der Waals surface area contributed by atoms with Crippen LogP contribution in [0.3, 0.4) is 0 Å². The number of methoxy groups -OCH3 is 1. The number of rotatable bonds is 3. The molecule has 6 nitrogen and oxygen atoms in total. The third-order valence-corrected chi connectivity index (χ3v) is 2.15. The fourth-order valence-electron chi connectivity index (χ4n) is 1.27. The van der Waals surface area contributed by atoms with E-state index in [0.717, 1.165) is 0 Å². The van der Waals surface area contributed by atoms with Crippen molar-refractivity contribution >= 4 is 28.9 Å². The van der Waals surface area contributed by atoms with E-state index in [2.05, 4.69) is 10.1 Å². The lowest BCUT2D eigenvalue weighted by Gasteiger charge is -2.08. The van der Waals surface area contributed by atoms with Gasteiger partial charge in [0.15, 0.2) is 0 Å². The molecule has 0 spiro atoms. The van der Waals surface area contributed by atoms with E-state index in [1.165, 1.54) is 26.3 Å². The summed E-state index contributed by atoms with van der Waals surface area (Å²) in [5.74, 6) is -0.685. The van der Waals surface area contributed by atoms with Gasteiger partial charge < -0.3 is 10.1 Å². The first-order valence-corrected chi connectivity index (χ1v) is 4.63. The molecule has 0 radical (unpaired) electrons. The molecule has 1 N–H and O–H groups in total. The summed E-state index contributed by atoms with van der Waals surface area (Å²) in [5.41, 5.74) is -0.152. The summed E-state index contributed by atoms with van der Waals surface area (Å²) in [6.07, 6.45) is 0. The van der Waals surface area contributed by atoms with E-state index in [0.29, 0.717) is 0 Å². The van der Waals surface area contributed by atoms with Crippen molar-refractivity contribution in [1.82, 2.24) is 0 Å². The molecule has 0 saturated heterocycles. The molecule has 0 aromatic heterocycles. The van der Waals surface area contributed by atoms with Crippen molar-refractivity contribution in [2.24, 2.45) is 0 Å².